The number of hydrogen-bond donors (Lipinski definition) is 1. The van der Waals surface area contributed by atoms with Crippen LogP contribution in [0.25, 0.3) is 0 Å². The molecule has 1 heterocycles. The van der Waals surface area contributed by atoms with Gasteiger partial charge in [-0.15, -0.1) is 0 Å². The van der Waals surface area contributed by atoms with Crippen molar-refractivity contribution >= 4 is 27.3 Å². The third kappa shape index (κ3) is 5.06. The minimum Gasteiger partial charge on any atom is -0.381 e. The minimum absolute atomic E-state index is 0.109. The van der Waals surface area contributed by atoms with Crippen molar-refractivity contribution in [2.45, 2.75) is 44.2 Å². The second-order valence-corrected chi connectivity index (χ2v) is 9.49. The van der Waals surface area contributed by atoms with E-state index in [0.717, 1.165) is 5.69 Å². The van der Waals surface area contributed by atoms with Gasteiger partial charge in [-0.1, -0.05) is 29.8 Å². The second-order valence-electron chi connectivity index (χ2n) is 7.40. The Morgan fingerprint density at radius 3 is 2.46 bits per heavy atom. The first-order valence-corrected chi connectivity index (χ1v) is 11.3. The number of benzene rings is 2. The summed E-state index contributed by atoms with van der Waals surface area (Å²) in [6.07, 6.45) is 1.35. The van der Waals surface area contributed by atoms with Crippen LogP contribution in [0.2, 0.25) is 5.02 Å². The standard InChI is InChI=1S/C21H27ClN2O3S/c1-15-4-5-17(12-16(15)2)14-24(3)19-6-7-21(20(22)13-19)28(25,26)23-18-8-10-27-11-9-18/h4-7,12-13,18,23H,8-11,14H2,1-3H3. The summed E-state index contributed by atoms with van der Waals surface area (Å²) in [6.45, 7) is 6.05. The van der Waals surface area contributed by atoms with Crippen molar-refractivity contribution < 1.29 is 13.2 Å². The average molecular weight is 423 g/mol. The van der Waals surface area contributed by atoms with Crippen LogP contribution in [0.5, 0.6) is 0 Å². The molecule has 0 amide bonds. The van der Waals surface area contributed by atoms with Crippen LogP contribution in [0.4, 0.5) is 5.69 Å². The van der Waals surface area contributed by atoms with Gasteiger partial charge in [-0.2, -0.15) is 0 Å². The van der Waals surface area contributed by atoms with Crippen molar-refractivity contribution in [2.75, 3.05) is 25.2 Å². The highest BCUT2D eigenvalue weighted by atomic mass is 35.5. The lowest BCUT2D eigenvalue weighted by Gasteiger charge is -2.24. The third-order valence-corrected chi connectivity index (χ3v) is 7.18. The molecule has 1 fully saturated rings. The second kappa shape index (κ2) is 8.82. The predicted molar refractivity (Wildman–Crippen MR) is 114 cm³/mol. The molecule has 1 aliphatic heterocycles. The molecule has 0 spiro atoms. The molecule has 2 aromatic rings. The van der Waals surface area contributed by atoms with Gasteiger partial charge in [0.1, 0.15) is 4.90 Å². The summed E-state index contributed by atoms with van der Waals surface area (Å²) in [6, 6.07) is 11.4. The van der Waals surface area contributed by atoms with Crippen LogP contribution < -0.4 is 9.62 Å². The fourth-order valence-electron chi connectivity index (χ4n) is 3.31. The van der Waals surface area contributed by atoms with Gasteiger partial charge in [-0.25, -0.2) is 13.1 Å². The first-order valence-electron chi connectivity index (χ1n) is 9.43. The number of aryl methyl sites for hydroxylation is 2. The fourth-order valence-corrected chi connectivity index (χ4v) is 5.15. The van der Waals surface area contributed by atoms with Gasteiger partial charge in [0.15, 0.2) is 0 Å². The first kappa shape index (κ1) is 21.1. The van der Waals surface area contributed by atoms with Crippen molar-refractivity contribution in [1.82, 2.24) is 4.72 Å². The van der Waals surface area contributed by atoms with Crippen LogP contribution in [0, 0.1) is 13.8 Å². The lowest BCUT2D eigenvalue weighted by Crippen LogP contribution is -2.38. The molecule has 0 radical (unpaired) electrons. The van der Waals surface area contributed by atoms with Gasteiger partial charge in [-0.3, -0.25) is 0 Å². The molecule has 0 bridgehead atoms. The molecular weight excluding hydrogens is 396 g/mol. The Bertz CT molecular complexity index is 941. The number of nitrogens with one attached hydrogen (secondary N) is 1. The van der Waals surface area contributed by atoms with Crippen LogP contribution in [0.1, 0.15) is 29.5 Å². The van der Waals surface area contributed by atoms with E-state index in [1.807, 2.05) is 7.05 Å². The van der Waals surface area contributed by atoms with E-state index >= 15 is 0 Å². The minimum atomic E-state index is -3.66. The van der Waals surface area contributed by atoms with Crippen LogP contribution in [0.15, 0.2) is 41.3 Å². The summed E-state index contributed by atoms with van der Waals surface area (Å²) in [4.78, 5) is 2.17. The Kier molecular flexibility index (Phi) is 6.65. The van der Waals surface area contributed by atoms with Crippen molar-refractivity contribution in [3.05, 3.63) is 58.1 Å². The molecule has 2 aromatic carbocycles. The van der Waals surface area contributed by atoms with Gasteiger partial charge < -0.3 is 9.64 Å². The SMILES string of the molecule is Cc1ccc(CN(C)c2ccc(S(=O)(=O)NC3CCOCC3)c(Cl)c2)cc1C. The molecule has 3 rings (SSSR count). The van der Waals surface area contributed by atoms with E-state index in [1.54, 1.807) is 18.2 Å². The molecule has 0 unspecified atom stereocenters. The lowest BCUT2D eigenvalue weighted by atomic mass is 10.1. The third-order valence-electron chi connectivity index (χ3n) is 5.18. The van der Waals surface area contributed by atoms with Crippen LogP contribution in [0.3, 0.4) is 0 Å². The van der Waals surface area contributed by atoms with Crippen molar-refractivity contribution in [3.8, 4) is 0 Å². The summed E-state index contributed by atoms with van der Waals surface area (Å²) in [5.41, 5.74) is 4.58. The number of ether oxygens (including phenoxy) is 1. The van der Waals surface area contributed by atoms with E-state index in [2.05, 4.69) is 41.7 Å². The summed E-state index contributed by atoms with van der Waals surface area (Å²) >= 11 is 6.35. The highest BCUT2D eigenvalue weighted by Crippen LogP contribution is 2.28. The zero-order valence-corrected chi connectivity index (χ0v) is 18.1. The lowest BCUT2D eigenvalue weighted by molar-refractivity contribution is 0.0832. The highest BCUT2D eigenvalue weighted by Gasteiger charge is 2.24. The number of halogens is 1. The van der Waals surface area contributed by atoms with Crippen molar-refractivity contribution in [1.29, 1.82) is 0 Å². The van der Waals surface area contributed by atoms with Crippen LogP contribution >= 0.6 is 11.6 Å². The maximum Gasteiger partial charge on any atom is 0.242 e. The average Bonchev–Trinajstić information content (AvgIpc) is 2.65. The quantitative estimate of drug-likeness (QED) is 0.762. The zero-order valence-electron chi connectivity index (χ0n) is 16.5. The van der Waals surface area contributed by atoms with E-state index in [4.69, 9.17) is 16.3 Å². The van der Waals surface area contributed by atoms with Gasteiger partial charge in [0, 0.05) is 38.5 Å². The molecule has 0 atom stereocenters. The molecule has 1 aliphatic rings. The molecular formula is C21H27ClN2O3S. The van der Waals surface area contributed by atoms with Gasteiger partial charge >= 0.3 is 0 Å². The maximum absolute atomic E-state index is 12.7. The van der Waals surface area contributed by atoms with E-state index in [0.29, 0.717) is 32.6 Å². The Morgan fingerprint density at radius 1 is 1.11 bits per heavy atom. The van der Waals surface area contributed by atoms with Gasteiger partial charge in [0.25, 0.3) is 0 Å². The van der Waals surface area contributed by atoms with E-state index in [9.17, 15) is 8.42 Å². The molecule has 0 aromatic heterocycles. The molecule has 1 N–H and O–H groups in total. The predicted octanol–water partition coefficient (Wildman–Crippen LogP) is 4.05. The smallest absolute Gasteiger partial charge is 0.242 e. The molecule has 0 saturated carbocycles. The van der Waals surface area contributed by atoms with E-state index < -0.39 is 10.0 Å². The number of nitrogens with zero attached hydrogens (tertiary/aromatic N) is 1. The molecule has 152 valence electrons. The summed E-state index contributed by atoms with van der Waals surface area (Å²) in [5.74, 6) is 0. The maximum atomic E-state index is 12.7. The van der Waals surface area contributed by atoms with Crippen LogP contribution in [-0.4, -0.2) is 34.7 Å². The molecule has 7 heteroatoms. The number of anilines is 1. The van der Waals surface area contributed by atoms with E-state index in [-0.39, 0.29) is 16.0 Å². The Labute approximate surface area is 172 Å². The summed E-state index contributed by atoms with van der Waals surface area (Å²) in [5, 5.41) is 0.226. The Balaban J connectivity index is 1.74. The van der Waals surface area contributed by atoms with Crippen LogP contribution in [-0.2, 0) is 21.3 Å². The number of sulfonamides is 1. The molecule has 1 saturated heterocycles. The largest absolute Gasteiger partial charge is 0.381 e. The first-order chi connectivity index (χ1) is 13.3. The van der Waals surface area contributed by atoms with Gasteiger partial charge in [0.05, 0.1) is 5.02 Å². The monoisotopic (exact) mass is 422 g/mol. The Hall–Kier alpha value is -1.60. The summed E-state index contributed by atoms with van der Waals surface area (Å²) in [7, 11) is -1.69. The Morgan fingerprint density at radius 2 is 1.82 bits per heavy atom. The molecule has 28 heavy (non-hydrogen) atoms. The fraction of sp³-hybridized carbons (Fsp3) is 0.429. The topological polar surface area (TPSA) is 58.6 Å². The zero-order chi connectivity index (χ0) is 20.3. The highest BCUT2D eigenvalue weighted by molar-refractivity contribution is 7.89. The van der Waals surface area contributed by atoms with Crippen molar-refractivity contribution in [3.63, 3.8) is 0 Å². The van der Waals surface area contributed by atoms with Gasteiger partial charge in [0.2, 0.25) is 10.0 Å². The molecule has 5 nitrogen and oxygen atoms in total. The number of hydrogen-bond acceptors (Lipinski definition) is 4. The molecule has 0 aliphatic carbocycles. The van der Waals surface area contributed by atoms with Gasteiger partial charge in [-0.05, 0) is 61.6 Å². The van der Waals surface area contributed by atoms with E-state index in [1.165, 1.54) is 16.7 Å². The summed E-state index contributed by atoms with van der Waals surface area (Å²) < 4.78 is 33.5. The number of rotatable bonds is 6. The van der Waals surface area contributed by atoms with Crippen molar-refractivity contribution in [2.24, 2.45) is 0 Å². The normalized spacial score (nSPS) is 15.6.